The van der Waals surface area contributed by atoms with Crippen molar-refractivity contribution in [1.29, 1.82) is 0 Å². The number of nitrogens with zero attached hydrogens (tertiary/aromatic N) is 4. The highest BCUT2D eigenvalue weighted by Gasteiger charge is 2.23. The van der Waals surface area contributed by atoms with Gasteiger partial charge in [-0.15, -0.1) is 5.10 Å². The lowest BCUT2D eigenvalue weighted by Gasteiger charge is -2.02. The Labute approximate surface area is 124 Å². The second kappa shape index (κ2) is 5.54. The number of rotatable bonds is 4. The van der Waals surface area contributed by atoms with Gasteiger partial charge in [0.25, 0.3) is 10.0 Å². The molecule has 0 radical (unpaired) electrons. The fraction of sp³-hybridized carbons (Fsp3) is 0.100. The number of hydrogen-bond acceptors (Lipinski definition) is 7. The molecule has 2 heterocycles. The van der Waals surface area contributed by atoms with Gasteiger partial charge in [-0.25, -0.2) is 8.96 Å². The minimum atomic E-state index is -3.72. The van der Waals surface area contributed by atoms with Gasteiger partial charge in [0.05, 0.1) is 11.9 Å². The molecule has 21 heavy (non-hydrogen) atoms. The van der Waals surface area contributed by atoms with E-state index in [1.54, 1.807) is 13.0 Å². The molecule has 0 spiro atoms. The quantitative estimate of drug-likeness (QED) is 0.397. The summed E-state index contributed by atoms with van der Waals surface area (Å²) in [5, 5.41) is 7.23. The molecular weight excluding hydrogens is 314 g/mol. The van der Waals surface area contributed by atoms with E-state index in [9.17, 15) is 8.42 Å². The maximum atomic E-state index is 12.4. The highest BCUT2D eigenvalue weighted by molar-refractivity contribution is 7.92. The fourth-order valence-electron chi connectivity index (χ4n) is 1.52. The summed E-state index contributed by atoms with van der Waals surface area (Å²) in [5.74, 6) is -0.186. The molecule has 2 aromatic rings. The van der Waals surface area contributed by atoms with Crippen molar-refractivity contribution in [2.24, 2.45) is 21.7 Å². The summed E-state index contributed by atoms with van der Waals surface area (Å²) < 4.78 is 26.0. The number of thiazole rings is 1. The Kier molecular flexibility index (Phi) is 3.95. The molecule has 6 N–H and O–H groups in total. The Morgan fingerprint density at radius 1 is 1.48 bits per heavy atom. The number of hydrogen-bond donors (Lipinski definition) is 3. The first kappa shape index (κ1) is 15.0. The average Bonchev–Trinajstić information content (AvgIpc) is 2.96. The Balaban J connectivity index is 2.35. The Morgan fingerprint density at radius 2 is 2.19 bits per heavy atom. The molecular formula is C10H13N7O2S2. The second-order valence-corrected chi connectivity index (χ2v) is 7.04. The molecule has 2 rings (SSSR count). The van der Waals surface area contributed by atoms with E-state index in [0.717, 1.165) is 15.3 Å². The maximum absolute atomic E-state index is 12.4. The van der Waals surface area contributed by atoms with Gasteiger partial charge in [-0.2, -0.15) is 13.5 Å². The highest BCUT2D eigenvalue weighted by Crippen LogP contribution is 2.27. The number of aryl methyl sites for hydroxylation is 1. The summed E-state index contributed by atoms with van der Waals surface area (Å²) in [5.41, 5.74) is 16.7. The van der Waals surface area contributed by atoms with Crippen molar-refractivity contribution in [2.45, 2.75) is 11.1 Å². The van der Waals surface area contributed by atoms with E-state index in [-0.39, 0.29) is 15.3 Å². The molecule has 0 aliphatic carbocycles. The lowest BCUT2D eigenvalue weighted by molar-refractivity contribution is 0.589. The molecule has 0 aliphatic heterocycles. The van der Waals surface area contributed by atoms with Crippen LogP contribution in [-0.2, 0) is 10.0 Å². The number of nitrogen functional groups attached to an aromatic ring is 1. The third kappa shape index (κ3) is 3.20. The van der Waals surface area contributed by atoms with E-state index in [2.05, 4.69) is 15.2 Å². The summed E-state index contributed by atoms with van der Waals surface area (Å²) in [6.45, 7) is 1.59. The van der Waals surface area contributed by atoms with Gasteiger partial charge in [0.1, 0.15) is 0 Å². The van der Waals surface area contributed by atoms with E-state index in [0.29, 0.717) is 11.3 Å². The van der Waals surface area contributed by atoms with Crippen LogP contribution < -0.4 is 17.2 Å². The monoisotopic (exact) mass is 327 g/mol. The van der Waals surface area contributed by atoms with Gasteiger partial charge >= 0.3 is 0 Å². The fourth-order valence-corrected chi connectivity index (χ4v) is 4.11. The summed E-state index contributed by atoms with van der Waals surface area (Å²) in [4.78, 5) is 3.91. The van der Waals surface area contributed by atoms with Crippen molar-refractivity contribution in [2.75, 3.05) is 5.73 Å². The van der Waals surface area contributed by atoms with Crippen LogP contribution in [0, 0.1) is 6.92 Å². The number of aromatic nitrogens is 2. The van der Waals surface area contributed by atoms with E-state index in [1.165, 1.54) is 18.6 Å². The van der Waals surface area contributed by atoms with Gasteiger partial charge in [0, 0.05) is 18.0 Å². The number of nitrogens with two attached hydrogens (primary N) is 3. The van der Waals surface area contributed by atoms with Gasteiger partial charge in [0.15, 0.2) is 9.34 Å². The topological polar surface area (TPSA) is 155 Å². The average molecular weight is 327 g/mol. The van der Waals surface area contributed by atoms with Crippen LogP contribution in [-0.4, -0.2) is 29.5 Å². The van der Waals surface area contributed by atoms with E-state index in [4.69, 9.17) is 17.2 Å². The van der Waals surface area contributed by atoms with Crippen LogP contribution in [0.15, 0.2) is 32.9 Å². The van der Waals surface area contributed by atoms with Crippen molar-refractivity contribution in [3.63, 3.8) is 0 Å². The molecule has 0 fully saturated rings. The van der Waals surface area contributed by atoms with Crippen molar-refractivity contribution in [1.82, 2.24) is 8.96 Å². The summed E-state index contributed by atoms with van der Waals surface area (Å²) in [7, 11) is -3.72. The summed E-state index contributed by atoms with van der Waals surface area (Å²) >= 11 is 0.916. The molecule has 0 aliphatic rings. The molecule has 0 atom stereocenters. The first-order chi connectivity index (χ1) is 9.80. The molecule has 0 amide bonds. The maximum Gasteiger partial charge on any atom is 0.279 e. The number of guanidine groups is 1. The SMILES string of the molecule is Cc1nc(N)sc1S(=O)(=O)n1ccc(/C=N/N=C(N)N)c1. The zero-order valence-electron chi connectivity index (χ0n) is 11.0. The lowest BCUT2D eigenvalue weighted by Crippen LogP contribution is -2.21. The minimum absolute atomic E-state index is 0.100. The zero-order valence-corrected chi connectivity index (χ0v) is 12.6. The standard InChI is InChI=1S/C10H13N7O2S2/c1-6-8(20-10(13)15-6)21(18,19)17-3-2-7(5-17)4-14-16-9(11)12/h2-5H,1H3,(H2,13,15)(H4,11,12,16)/b14-4+. The van der Waals surface area contributed by atoms with E-state index in [1.807, 2.05) is 0 Å². The molecule has 0 saturated carbocycles. The predicted octanol–water partition coefficient (Wildman–Crippen LogP) is -0.320. The smallest absolute Gasteiger partial charge is 0.279 e. The molecule has 0 bridgehead atoms. The van der Waals surface area contributed by atoms with Gasteiger partial charge in [0.2, 0.25) is 5.96 Å². The van der Waals surface area contributed by atoms with Crippen LogP contribution in [0.1, 0.15) is 11.3 Å². The summed E-state index contributed by atoms with van der Waals surface area (Å²) in [6.07, 6.45) is 4.11. The first-order valence-corrected chi connectivity index (χ1v) is 7.85. The first-order valence-electron chi connectivity index (χ1n) is 5.59. The van der Waals surface area contributed by atoms with Gasteiger partial charge in [-0.3, -0.25) is 0 Å². The Hall–Kier alpha value is -2.40. The Morgan fingerprint density at radius 3 is 2.76 bits per heavy atom. The highest BCUT2D eigenvalue weighted by atomic mass is 32.2. The Bertz CT molecular complexity index is 812. The van der Waals surface area contributed by atoms with Crippen molar-refractivity contribution >= 4 is 38.7 Å². The van der Waals surface area contributed by atoms with Crippen LogP contribution >= 0.6 is 11.3 Å². The third-order valence-corrected chi connectivity index (χ3v) is 5.56. The van der Waals surface area contributed by atoms with Crippen LogP contribution in [0.3, 0.4) is 0 Å². The minimum Gasteiger partial charge on any atom is -0.375 e. The van der Waals surface area contributed by atoms with Crippen LogP contribution in [0.25, 0.3) is 0 Å². The van der Waals surface area contributed by atoms with Crippen molar-refractivity contribution in [3.05, 3.63) is 29.7 Å². The molecule has 112 valence electrons. The molecule has 2 aromatic heterocycles. The largest absolute Gasteiger partial charge is 0.375 e. The molecule has 0 unspecified atom stereocenters. The lowest BCUT2D eigenvalue weighted by atomic mass is 10.4. The van der Waals surface area contributed by atoms with Gasteiger partial charge in [-0.05, 0) is 13.0 Å². The van der Waals surface area contributed by atoms with Crippen molar-refractivity contribution in [3.8, 4) is 0 Å². The van der Waals surface area contributed by atoms with Crippen LogP contribution in [0.2, 0.25) is 0 Å². The van der Waals surface area contributed by atoms with E-state index >= 15 is 0 Å². The zero-order chi connectivity index (χ0) is 15.6. The van der Waals surface area contributed by atoms with Crippen molar-refractivity contribution < 1.29 is 8.42 Å². The van der Waals surface area contributed by atoms with Crippen LogP contribution in [0.4, 0.5) is 5.13 Å². The van der Waals surface area contributed by atoms with Gasteiger partial charge in [-0.1, -0.05) is 11.3 Å². The third-order valence-electron chi connectivity index (χ3n) is 2.35. The van der Waals surface area contributed by atoms with E-state index < -0.39 is 10.0 Å². The second-order valence-electron chi connectivity index (χ2n) is 3.97. The summed E-state index contributed by atoms with van der Waals surface area (Å²) in [6, 6.07) is 1.56. The molecule has 0 aromatic carbocycles. The van der Waals surface area contributed by atoms with Crippen LogP contribution in [0.5, 0.6) is 0 Å². The number of anilines is 1. The molecule has 0 saturated heterocycles. The molecule has 11 heteroatoms. The normalized spacial score (nSPS) is 11.9. The van der Waals surface area contributed by atoms with Gasteiger partial charge < -0.3 is 17.2 Å². The predicted molar refractivity (Wildman–Crippen MR) is 81.7 cm³/mol. The molecule has 9 nitrogen and oxygen atoms in total.